The van der Waals surface area contributed by atoms with Crippen LogP contribution in [-0.2, 0) is 14.3 Å². The number of carbonyl (C=O) groups excluding carboxylic acids is 1. The van der Waals surface area contributed by atoms with Gasteiger partial charge in [-0.3, -0.25) is 4.79 Å². The summed E-state index contributed by atoms with van der Waals surface area (Å²) in [6, 6.07) is 0. The average Bonchev–Trinajstić information content (AvgIpc) is 2.38. The van der Waals surface area contributed by atoms with Crippen LogP contribution in [-0.4, -0.2) is 32.7 Å². The van der Waals surface area contributed by atoms with E-state index in [1.54, 1.807) is 7.11 Å². The molecule has 1 aliphatic carbocycles. The summed E-state index contributed by atoms with van der Waals surface area (Å²) in [6.07, 6.45) is 6.56. The molecule has 0 aromatic rings. The van der Waals surface area contributed by atoms with E-state index in [-0.39, 0.29) is 0 Å². The van der Waals surface area contributed by atoms with Crippen LogP contribution in [0.15, 0.2) is 0 Å². The summed E-state index contributed by atoms with van der Waals surface area (Å²) in [4.78, 5) is 12.1. The quantitative estimate of drug-likeness (QED) is 0.614. The van der Waals surface area contributed by atoms with Crippen LogP contribution >= 0.6 is 0 Å². The van der Waals surface area contributed by atoms with E-state index in [4.69, 9.17) is 9.47 Å². The van der Waals surface area contributed by atoms with Crippen molar-refractivity contribution in [1.82, 2.24) is 0 Å². The maximum atomic E-state index is 12.1. The van der Waals surface area contributed by atoms with Gasteiger partial charge < -0.3 is 9.47 Å². The van der Waals surface area contributed by atoms with Crippen molar-refractivity contribution in [3.05, 3.63) is 0 Å². The monoisotopic (exact) mass is 242 g/mol. The van der Waals surface area contributed by atoms with Gasteiger partial charge in [0.2, 0.25) is 0 Å². The zero-order valence-corrected chi connectivity index (χ0v) is 11.2. The molecule has 2 atom stereocenters. The number of methoxy groups -OCH3 is 1. The van der Waals surface area contributed by atoms with Crippen molar-refractivity contribution in [2.75, 3.05) is 26.9 Å². The summed E-state index contributed by atoms with van der Waals surface area (Å²) < 4.78 is 10.2. The molecule has 1 aliphatic rings. The van der Waals surface area contributed by atoms with E-state index >= 15 is 0 Å². The van der Waals surface area contributed by atoms with Crippen LogP contribution in [0.4, 0.5) is 0 Å². The molecule has 0 aliphatic heterocycles. The average molecular weight is 242 g/mol. The molecule has 0 heterocycles. The van der Waals surface area contributed by atoms with Gasteiger partial charge in [0.05, 0.1) is 19.8 Å². The van der Waals surface area contributed by atoms with Crippen LogP contribution in [0, 0.1) is 11.8 Å². The zero-order valence-electron chi connectivity index (χ0n) is 11.2. The summed E-state index contributed by atoms with van der Waals surface area (Å²) >= 11 is 0. The van der Waals surface area contributed by atoms with Gasteiger partial charge in [-0.15, -0.1) is 0 Å². The highest BCUT2D eigenvalue weighted by molar-refractivity contribution is 5.81. The number of hydrogen-bond donors (Lipinski definition) is 0. The second-order valence-electron chi connectivity index (χ2n) is 4.88. The summed E-state index contributed by atoms with van der Waals surface area (Å²) in [5.41, 5.74) is 0. The van der Waals surface area contributed by atoms with E-state index in [2.05, 4.69) is 6.92 Å². The Labute approximate surface area is 105 Å². The summed E-state index contributed by atoms with van der Waals surface area (Å²) in [5, 5.41) is 0. The molecule has 1 fully saturated rings. The van der Waals surface area contributed by atoms with Gasteiger partial charge in [-0.1, -0.05) is 26.2 Å². The molecule has 1 saturated carbocycles. The Kier molecular flexibility index (Phi) is 7.45. The highest BCUT2D eigenvalue weighted by Gasteiger charge is 2.28. The molecule has 0 radical (unpaired) electrons. The Morgan fingerprint density at radius 1 is 1.18 bits per heavy atom. The predicted molar refractivity (Wildman–Crippen MR) is 68.1 cm³/mol. The van der Waals surface area contributed by atoms with Gasteiger partial charge in [0, 0.05) is 19.4 Å². The number of carbonyl (C=O) groups is 1. The Hall–Kier alpha value is -0.410. The molecule has 1 rings (SSSR count). The van der Waals surface area contributed by atoms with Gasteiger partial charge in [-0.25, -0.2) is 0 Å². The molecule has 0 saturated heterocycles. The zero-order chi connectivity index (χ0) is 12.5. The summed E-state index contributed by atoms with van der Waals surface area (Å²) in [5.74, 6) is 1.34. The second kappa shape index (κ2) is 8.65. The topological polar surface area (TPSA) is 35.5 Å². The number of ether oxygens (including phenoxy) is 2. The maximum absolute atomic E-state index is 12.1. The molecule has 0 aromatic heterocycles. The van der Waals surface area contributed by atoms with Crippen LogP contribution in [0.2, 0.25) is 0 Å². The van der Waals surface area contributed by atoms with Crippen molar-refractivity contribution in [1.29, 1.82) is 0 Å². The smallest absolute Gasteiger partial charge is 0.138 e. The van der Waals surface area contributed by atoms with Crippen molar-refractivity contribution in [3.8, 4) is 0 Å². The molecule has 0 aromatic carbocycles. The van der Waals surface area contributed by atoms with Crippen LogP contribution in [0.5, 0.6) is 0 Å². The van der Waals surface area contributed by atoms with Gasteiger partial charge >= 0.3 is 0 Å². The Morgan fingerprint density at radius 3 is 2.65 bits per heavy atom. The molecule has 0 bridgehead atoms. The first-order chi connectivity index (χ1) is 8.29. The largest absolute Gasteiger partial charge is 0.382 e. The van der Waals surface area contributed by atoms with Crippen LogP contribution in [0.1, 0.15) is 45.4 Å². The minimum Gasteiger partial charge on any atom is -0.382 e. The molecular formula is C14H26O3. The minimum atomic E-state index is 0.305. The van der Waals surface area contributed by atoms with E-state index in [1.807, 2.05) is 0 Å². The fourth-order valence-electron chi connectivity index (χ4n) is 2.72. The van der Waals surface area contributed by atoms with Gasteiger partial charge in [0.1, 0.15) is 5.78 Å². The fourth-order valence-corrected chi connectivity index (χ4v) is 2.72. The standard InChI is InChI=1S/C14H26O3/c1-3-12-6-4-5-7-13(12)14(15)8-9-17-11-10-16-2/h12-13H,3-11H2,1-2H3. The van der Waals surface area contributed by atoms with Crippen LogP contribution < -0.4 is 0 Å². The normalized spacial score (nSPS) is 24.8. The molecule has 2 unspecified atom stereocenters. The Bertz CT molecular complexity index is 216. The van der Waals surface area contributed by atoms with Gasteiger partial charge in [-0.05, 0) is 18.8 Å². The molecular weight excluding hydrogens is 216 g/mol. The van der Waals surface area contributed by atoms with Crippen LogP contribution in [0.25, 0.3) is 0 Å². The van der Waals surface area contributed by atoms with E-state index in [0.29, 0.717) is 43.9 Å². The van der Waals surface area contributed by atoms with Crippen molar-refractivity contribution < 1.29 is 14.3 Å². The molecule has 0 spiro atoms. The Morgan fingerprint density at radius 2 is 1.94 bits per heavy atom. The highest BCUT2D eigenvalue weighted by Crippen LogP contribution is 2.33. The fraction of sp³-hybridized carbons (Fsp3) is 0.929. The first-order valence-corrected chi connectivity index (χ1v) is 6.89. The van der Waals surface area contributed by atoms with Crippen molar-refractivity contribution in [2.45, 2.75) is 45.4 Å². The van der Waals surface area contributed by atoms with E-state index < -0.39 is 0 Å². The predicted octanol–water partition coefficient (Wildman–Crippen LogP) is 2.83. The van der Waals surface area contributed by atoms with Crippen molar-refractivity contribution in [2.24, 2.45) is 11.8 Å². The van der Waals surface area contributed by atoms with Gasteiger partial charge in [0.15, 0.2) is 0 Å². The van der Waals surface area contributed by atoms with Gasteiger partial charge in [0.25, 0.3) is 0 Å². The van der Waals surface area contributed by atoms with E-state index in [1.165, 1.54) is 19.3 Å². The SMILES string of the molecule is CCC1CCCCC1C(=O)CCOCCOC. The summed E-state index contributed by atoms with van der Waals surface area (Å²) in [6.45, 7) is 3.95. The number of hydrogen-bond acceptors (Lipinski definition) is 3. The first-order valence-electron chi connectivity index (χ1n) is 6.89. The van der Waals surface area contributed by atoms with E-state index in [0.717, 1.165) is 12.8 Å². The van der Waals surface area contributed by atoms with Crippen LogP contribution in [0.3, 0.4) is 0 Å². The lowest BCUT2D eigenvalue weighted by Crippen LogP contribution is -2.27. The summed E-state index contributed by atoms with van der Waals surface area (Å²) in [7, 11) is 1.66. The van der Waals surface area contributed by atoms with Crippen molar-refractivity contribution >= 4 is 5.78 Å². The van der Waals surface area contributed by atoms with Gasteiger partial charge in [-0.2, -0.15) is 0 Å². The number of ketones is 1. The molecule has 17 heavy (non-hydrogen) atoms. The third-order valence-electron chi connectivity index (χ3n) is 3.77. The third kappa shape index (κ3) is 5.17. The lowest BCUT2D eigenvalue weighted by molar-refractivity contribution is -0.126. The molecule has 3 heteroatoms. The maximum Gasteiger partial charge on any atom is 0.138 e. The first kappa shape index (κ1) is 14.7. The Balaban J connectivity index is 2.20. The molecule has 0 N–H and O–H groups in total. The molecule has 3 nitrogen and oxygen atoms in total. The lowest BCUT2D eigenvalue weighted by Gasteiger charge is -2.29. The third-order valence-corrected chi connectivity index (χ3v) is 3.77. The van der Waals surface area contributed by atoms with Crippen molar-refractivity contribution in [3.63, 3.8) is 0 Å². The number of rotatable bonds is 8. The minimum absolute atomic E-state index is 0.305. The highest BCUT2D eigenvalue weighted by atomic mass is 16.5. The van der Waals surface area contributed by atoms with E-state index in [9.17, 15) is 4.79 Å². The number of Topliss-reactive ketones (excluding diaryl/α,β-unsaturated/α-hetero) is 1. The molecule has 100 valence electrons. The molecule has 0 amide bonds. The lowest BCUT2D eigenvalue weighted by atomic mass is 9.75. The second-order valence-corrected chi connectivity index (χ2v) is 4.88.